The lowest BCUT2D eigenvalue weighted by Crippen LogP contribution is -2.05. The number of hydrogen-bond acceptors (Lipinski definition) is 7. The minimum absolute atomic E-state index is 0.0472. The summed E-state index contributed by atoms with van der Waals surface area (Å²) in [6.07, 6.45) is 1.62. The molecule has 0 aliphatic carbocycles. The van der Waals surface area contributed by atoms with Gasteiger partial charge in [0.1, 0.15) is 5.82 Å². The van der Waals surface area contributed by atoms with Gasteiger partial charge >= 0.3 is 0 Å². The summed E-state index contributed by atoms with van der Waals surface area (Å²) in [5.74, 6) is 1.28. The normalized spacial score (nSPS) is 11.4. The molecule has 0 aliphatic heterocycles. The van der Waals surface area contributed by atoms with Crippen LogP contribution in [0.3, 0.4) is 0 Å². The molecule has 0 aliphatic rings. The number of nitrogens with one attached hydrogen (secondary N) is 2. The van der Waals surface area contributed by atoms with Crippen LogP contribution in [0.15, 0.2) is 57.5 Å². The molecular formula is C16H17N5O2S2. The molecule has 2 aromatic heterocycles. The molecule has 0 spiro atoms. The fourth-order valence-electron chi connectivity index (χ4n) is 2.12. The maximum Gasteiger partial charge on any atom is 0.194 e. The zero-order chi connectivity index (χ0) is 17.9. The maximum absolute atomic E-state index is 12.2. The number of sulfone groups is 1. The maximum atomic E-state index is 12.2. The van der Waals surface area contributed by atoms with Crippen molar-refractivity contribution in [1.29, 1.82) is 0 Å². The predicted octanol–water partition coefficient (Wildman–Crippen LogP) is 3.20. The molecule has 3 aromatic rings. The van der Waals surface area contributed by atoms with Gasteiger partial charge in [-0.05, 0) is 36.9 Å². The van der Waals surface area contributed by atoms with Crippen LogP contribution in [-0.2, 0) is 9.84 Å². The standard InChI is InChI=1S/C16H17N5O2S2/c1-3-25(22,23)13-7-5-4-6-12(13)24-16-17-9-8-14(19-16)18-15-10-11(2)20-21-15/h4-10H,3H2,1-2H3,(H2,17,18,19,20,21). The average molecular weight is 375 g/mol. The van der Waals surface area contributed by atoms with Gasteiger partial charge in [0.05, 0.1) is 10.6 Å². The SMILES string of the molecule is CCS(=O)(=O)c1ccccc1Sc1nccc(Nc2cc(C)[nH]n2)n1. The van der Waals surface area contributed by atoms with Crippen molar-refractivity contribution in [2.75, 3.05) is 11.1 Å². The molecule has 7 nitrogen and oxygen atoms in total. The third-order valence-electron chi connectivity index (χ3n) is 3.36. The second kappa shape index (κ2) is 7.24. The van der Waals surface area contributed by atoms with E-state index in [4.69, 9.17) is 0 Å². The topological polar surface area (TPSA) is 101 Å². The molecular weight excluding hydrogens is 358 g/mol. The highest BCUT2D eigenvalue weighted by molar-refractivity contribution is 8.00. The Bertz CT molecular complexity index is 985. The van der Waals surface area contributed by atoms with E-state index >= 15 is 0 Å². The lowest BCUT2D eigenvalue weighted by Gasteiger charge is -2.08. The number of aryl methyl sites for hydroxylation is 1. The van der Waals surface area contributed by atoms with Gasteiger partial charge in [0.15, 0.2) is 20.8 Å². The Labute approximate surface area is 150 Å². The third kappa shape index (κ3) is 4.18. The van der Waals surface area contributed by atoms with Crippen molar-refractivity contribution in [2.24, 2.45) is 0 Å². The summed E-state index contributed by atoms with van der Waals surface area (Å²) in [7, 11) is -3.31. The van der Waals surface area contributed by atoms with Crippen molar-refractivity contribution in [1.82, 2.24) is 20.2 Å². The second-order valence-corrected chi connectivity index (χ2v) is 8.49. The van der Waals surface area contributed by atoms with Gasteiger partial charge in [0.2, 0.25) is 0 Å². The van der Waals surface area contributed by atoms with Gasteiger partial charge in [-0.25, -0.2) is 18.4 Å². The van der Waals surface area contributed by atoms with Crippen molar-refractivity contribution in [3.05, 3.63) is 48.3 Å². The van der Waals surface area contributed by atoms with Crippen LogP contribution in [0.1, 0.15) is 12.6 Å². The van der Waals surface area contributed by atoms with E-state index < -0.39 is 9.84 Å². The molecule has 2 heterocycles. The van der Waals surface area contributed by atoms with Gasteiger partial charge in [-0.2, -0.15) is 5.10 Å². The molecule has 0 saturated heterocycles. The molecule has 25 heavy (non-hydrogen) atoms. The van der Waals surface area contributed by atoms with E-state index in [2.05, 4.69) is 25.5 Å². The van der Waals surface area contributed by atoms with Gasteiger partial charge in [0.25, 0.3) is 0 Å². The molecule has 0 radical (unpaired) electrons. The molecule has 0 fully saturated rings. The predicted molar refractivity (Wildman–Crippen MR) is 96.9 cm³/mol. The van der Waals surface area contributed by atoms with Crippen LogP contribution in [0.2, 0.25) is 0 Å². The Morgan fingerprint density at radius 3 is 2.72 bits per heavy atom. The largest absolute Gasteiger partial charge is 0.323 e. The summed E-state index contributed by atoms with van der Waals surface area (Å²) < 4.78 is 24.5. The van der Waals surface area contributed by atoms with Gasteiger partial charge in [-0.3, -0.25) is 5.10 Å². The smallest absolute Gasteiger partial charge is 0.194 e. The minimum atomic E-state index is -3.31. The van der Waals surface area contributed by atoms with E-state index in [0.29, 0.717) is 26.6 Å². The quantitative estimate of drug-likeness (QED) is 0.638. The second-order valence-electron chi connectivity index (χ2n) is 5.24. The first kappa shape index (κ1) is 17.4. The van der Waals surface area contributed by atoms with Crippen molar-refractivity contribution in [2.45, 2.75) is 28.8 Å². The third-order valence-corrected chi connectivity index (χ3v) is 6.23. The van der Waals surface area contributed by atoms with Crippen LogP contribution in [-0.4, -0.2) is 34.3 Å². The Morgan fingerprint density at radius 2 is 2.00 bits per heavy atom. The fraction of sp³-hybridized carbons (Fsp3) is 0.188. The summed E-state index contributed by atoms with van der Waals surface area (Å²) in [5, 5.41) is 10.5. The van der Waals surface area contributed by atoms with E-state index in [9.17, 15) is 8.42 Å². The highest BCUT2D eigenvalue weighted by Crippen LogP contribution is 2.31. The Kier molecular flexibility index (Phi) is 5.05. The van der Waals surface area contributed by atoms with E-state index in [-0.39, 0.29) is 5.75 Å². The van der Waals surface area contributed by atoms with Crippen LogP contribution in [0.5, 0.6) is 0 Å². The summed E-state index contributed by atoms with van der Waals surface area (Å²) in [6, 6.07) is 10.5. The first-order valence-electron chi connectivity index (χ1n) is 7.59. The summed E-state index contributed by atoms with van der Waals surface area (Å²) >= 11 is 1.22. The fourth-order valence-corrected chi connectivity index (χ4v) is 4.37. The molecule has 130 valence electrons. The number of anilines is 2. The Morgan fingerprint density at radius 1 is 1.20 bits per heavy atom. The zero-order valence-corrected chi connectivity index (χ0v) is 15.4. The molecule has 0 amide bonds. The summed E-state index contributed by atoms with van der Waals surface area (Å²) in [4.78, 5) is 9.54. The lowest BCUT2D eigenvalue weighted by molar-refractivity contribution is 0.595. The number of hydrogen-bond donors (Lipinski definition) is 2. The van der Waals surface area contributed by atoms with E-state index in [1.54, 1.807) is 43.5 Å². The Hall–Kier alpha value is -2.39. The van der Waals surface area contributed by atoms with Gasteiger partial charge < -0.3 is 5.32 Å². The molecule has 0 unspecified atom stereocenters. The zero-order valence-electron chi connectivity index (χ0n) is 13.7. The van der Waals surface area contributed by atoms with Crippen molar-refractivity contribution < 1.29 is 8.42 Å². The van der Waals surface area contributed by atoms with E-state index in [0.717, 1.165) is 5.69 Å². The number of aromatic amines is 1. The first-order valence-corrected chi connectivity index (χ1v) is 10.1. The van der Waals surface area contributed by atoms with Crippen LogP contribution < -0.4 is 5.32 Å². The molecule has 9 heteroatoms. The molecule has 3 rings (SSSR count). The lowest BCUT2D eigenvalue weighted by atomic mass is 10.4. The molecule has 0 bridgehead atoms. The molecule has 1 aromatic carbocycles. The summed E-state index contributed by atoms with van der Waals surface area (Å²) in [5.41, 5.74) is 0.935. The van der Waals surface area contributed by atoms with Gasteiger partial charge in [-0.15, -0.1) is 0 Å². The van der Waals surface area contributed by atoms with Gasteiger partial charge in [-0.1, -0.05) is 19.1 Å². The first-order chi connectivity index (χ1) is 12.0. The summed E-state index contributed by atoms with van der Waals surface area (Å²) in [6.45, 7) is 3.54. The number of H-pyrrole nitrogens is 1. The highest BCUT2D eigenvalue weighted by Gasteiger charge is 2.17. The van der Waals surface area contributed by atoms with Crippen molar-refractivity contribution in [3.8, 4) is 0 Å². The monoisotopic (exact) mass is 375 g/mol. The van der Waals surface area contributed by atoms with E-state index in [1.807, 2.05) is 13.0 Å². The molecule has 0 saturated carbocycles. The van der Waals surface area contributed by atoms with Crippen LogP contribution >= 0.6 is 11.8 Å². The molecule has 2 N–H and O–H groups in total. The van der Waals surface area contributed by atoms with Crippen molar-refractivity contribution in [3.63, 3.8) is 0 Å². The van der Waals surface area contributed by atoms with Crippen LogP contribution in [0.4, 0.5) is 11.6 Å². The van der Waals surface area contributed by atoms with Crippen LogP contribution in [0, 0.1) is 6.92 Å². The number of nitrogens with zero attached hydrogens (tertiary/aromatic N) is 3. The van der Waals surface area contributed by atoms with E-state index in [1.165, 1.54) is 11.8 Å². The van der Waals surface area contributed by atoms with Crippen LogP contribution in [0.25, 0.3) is 0 Å². The Balaban J connectivity index is 1.86. The number of aromatic nitrogens is 4. The minimum Gasteiger partial charge on any atom is -0.323 e. The highest BCUT2D eigenvalue weighted by atomic mass is 32.2. The van der Waals surface area contributed by atoms with Crippen molar-refractivity contribution >= 4 is 33.2 Å². The number of benzene rings is 1. The number of rotatable bonds is 6. The van der Waals surface area contributed by atoms with Gasteiger partial charge in [0, 0.05) is 22.9 Å². The molecule has 0 atom stereocenters. The average Bonchev–Trinajstić information content (AvgIpc) is 3.00.